The van der Waals surface area contributed by atoms with Gasteiger partial charge in [0.2, 0.25) is 5.91 Å². The highest BCUT2D eigenvalue weighted by Crippen LogP contribution is 2.26. The second-order valence-electron chi connectivity index (χ2n) is 8.35. The molecule has 1 N–H and O–H groups in total. The summed E-state index contributed by atoms with van der Waals surface area (Å²) in [6.45, 7) is 3.09. The summed E-state index contributed by atoms with van der Waals surface area (Å²) in [6, 6.07) is 15.5. The number of hydrogen-bond acceptors (Lipinski definition) is 4. The zero-order valence-electron chi connectivity index (χ0n) is 18.6. The van der Waals surface area contributed by atoms with Crippen LogP contribution in [-0.2, 0) is 11.2 Å². The van der Waals surface area contributed by atoms with Crippen molar-refractivity contribution in [3.05, 3.63) is 89.3 Å². The maximum absolute atomic E-state index is 13.1. The molecule has 1 aliphatic heterocycles. The van der Waals surface area contributed by atoms with Crippen LogP contribution in [0.3, 0.4) is 0 Å². The minimum Gasteiger partial charge on any atom is -0.342 e. The van der Waals surface area contributed by atoms with Gasteiger partial charge in [0.1, 0.15) is 11.6 Å². The number of piperidine rings is 1. The van der Waals surface area contributed by atoms with E-state index in [0.717, 1.165) is 24.9 Å². The Hall–Kier alpha value is -3.61. The number of carbonyl (C=O) groups excluding carboxylic acids is 2. The number of likely N-dealkylation sites (tertiary alicyclic amines) is 1. The summed E-state index contributed by atoms with van der Waals surface area (Å²) in [7, 11) is 0. The largest absolute Gasteiger partial charge is 0.342 e. The van der Waals surface area contributed by atoms with Gasteiger partial charge in [0.25, 0.3) is 5.91 Å². The van der Waals surface area contributed by atoms with E-state index in [4.69, 9.17) is 0 Å². The Bertz CT molecular complexity index is 1120. The van der Waals surface area contributed by atoms with E-state index in [0.29, 0.717) is 42.2 Å². The number of rotatable bonds is 6. The summed E-state index contributed by atoms with van der Waals surface area (Å²) in [5, 5.41) is 2.86. The second-order valence-corrected chi connectivity index (χ2v) is 8.35. The molecule has 2 amide bonds. The number of aromatic nitrogens is 2. The molecular formula is C26H27FN4O2. The first kappa shape index (κ1) is 22.6. The molecule has 1 aliphatic rings. The summed E-state index contributed by atoms with van der Waals surface area (Å²) < 4.78 is 13.1. The number of halogens is 1. The van der Waals surface area contributed by atoms with Crippen LogP contribution in [0.2, 0.25) is 0 Å². The van der Waals surface area contributed by atoms with Crippen LogP contribution in [0.4, 0.5) is 10.1 Å². The summed E-state index contributed by atoms with van der Waals surface area (Å²) in [4.78, 5) is 36.3. The van der Waals surface area contributed by atoms with Gasteiger partial charge in [0.15, 0.2) is 0 Å². The predicted molar refractivity (Wildman–Crippen MR) is 124 cm³/mol. The maximum atomic E-state index is 13.1. The molecule has 2 aromatic carbocycles. The Labute approximate surface area is 192 Å². The molecule has 1 atom stereocenters. The lowest BCUT2D eigenvalue weighted by molar-refractivity contribution is -0.132. The van der Waals surface area contributed by atoms with Gasteiger partial charge in [-0.15, -0.1) is 0 Å². The monoisotopic (exact) mass is 446 g/mol. The molecule has 33 heavy (non-hydrogen) atoms. The third kappa shape index (κ3) is 5.80. The number of benzene rings is 2. The van der Waals surface area contributed by atoms with Crippen LogP contribution in [0.15, 0.2) is 60.8 Å². The van der Waals surface area contributed by atoms with Crippen molar-refractivity contribution in [1.29, 1.82) is 0 Å². The zero-order valence-corrected chi connectivity index (χ0v) is 18.6. The number of nitrogens with one attached hydrogen (secondary N) is 1. The molecule has 3 aromatic rings. The number of nitrogens with zero attached hydrogens (tertiary/aromatic N) is 3. The van der Waals surface area contributed by atoms with Gasteiger partial charge in [-0.3, -0.25) is 9.59 Å². The molecule has 170 valence electrons. The third-order valence-corrected chi connectivity index (χ3v) is 5.95. The van der Waals surface area contributed by atoms with Crippen LogP contribution < -0.4 is 5.32 Å². The Morgan fingerprint density at radius 2 is 1.88 bits per heavy atom. The maximum Gasteiger partial charge on any atom is 0.259 e. The number of para-hydroxylation sites is 1. The molecule has 0 saturated carbocycles. The van der Waals surface area contributed by atoms with E-state index in [1.807, 2.05) is 35.2 Å². The molecule has 0 radical (unpaired) electrons. The molecule has 0 aliphatic carbocycles. The number of anilines is 1. The average molecular weight is 447 g/mol. The molecule has 1 saturated heterocycles. The van der Waals surface area contributed by atoms with E-state index in [1.54, 1.807) is 25.3 Å². The molecule has 1 aromatic heterocycles. The van der Waals surface area contributed by atoms with Crippen molar-refractivity contribution in [2.75, 3.05) is 18.4 Å². The molecule has 1 fully saturated rings. The fourth-order valence-corrected chi connectivity index (χ4v) is 4.10. The van der Waals surface area contributed by atoms with Crippen LogP contribution in [-0.4, -0.2) is 39.8 Å². The lowest BCUT2D eigenvalue weighted by Gasteiger charge is -2.32. The SMILES string of the molecule is Cc1nc([C@@H]2CCCN(C(=O)CCc3ccc(F)cc3)C2)ncc1C(=O)Nc1ccccc1. The van der Waals surface area contributed by atoms with Crippen LogP contribution in [0.1, 0.15) is 52.6 Å². The average Bonchev–Trinajstić information content (AvgIpc) is 2.84. The van der Waals surface area contributed by atoms with E-state index < -0.39 is 0 Å². The van der Waals surface area contributed by atoms with Crippen molar-refractivity contribution in [3.63, 3.8) is 0 Å². The minimum absolute atomic E-state index is 0.0402. The van der Waals surface area contributed by atoms with E-state index in [1.165, 1.54) is 12.1 Å². The molecule has 6 nitrogen and oxygen atoms in total. The van der Waals surface area contributed by atoms with Crippen molar-refractivity contribution < 1.29 is 14.0 Å². The van der Waals surface area contributed by atoms with E-state index in [2.05, 4.69) is 15.3 Å². The quantitative estimate of drug-likeness (QED) is 0.604. The van der Waals surface area contributed by atoms with Crippen molar-refractivity contribution >= 4 is 17.5 Å². The van der Waals surface area contributed by atoms with E-state index >= 15 is 0 Å². The first-order valence-corrected chi connectivity index (χ1v) is 11.2. The highest BCUT2D eigenvalue weighted by Gasteiger charge is 2.27. The second kappa shape index (κ2) is 10.3. The van der Waals surface area contributed by atoms with Gasteiger partial charge in [0.05, 0.1) is 11.3 Å². The number of aryl methyl sites for hydroxylation is 2. The summed E-state index contributed by atoms with van der Waals surface area (Å²) >= 11 is 0. The van der Waals surface area contributed by atoms with Gasteiger partial charge >= 0.3 is 0 Å². The van der Waals surface area contributed by atoms with Crippen molar-refractivity contribution in [1.82, 2.24) is 14.9 Å². The van der Waals surface area contributed by atoms with E-state index in [9.17, 15) is 14.0 Å². The van der Waals surface area contributed by atoms with Crippen LogP contribution in [0.5, 0.6) is 0 Å². The molecule has 0 bridgehead atoms. The number of hydrogen-bond donors (Lipinski definition) is 1. The molecule has 2 heterocycles. The van der Waals surface area contributed by atoms with Crippen LogP contribution in [0.25, 0.3) is 0 Å². The van der Waals surface area contributed by atoms with Gasteiger partial charge in [-0.05, 0) is 56.0 Å². The Morgan fingerprint density at radius 1 is 1.12 bits per heavy atom. The lowest BCUT2D eigenvalue weighted by atomic mass is 9.96. The normalized spacial score (nSPS) is 15.8. The first-order valence-electron chi connectivity index (χ1n) is 11.2. The Morgan fingerprint density at radius 3 is 2.61 bits per heavy atom. The Balaban J connectivity index is 1.37. The summed E-state index contributed by atoms with van der Waals surface area (Å²) in [6.07, 6.45) is 4.32. The number of carbonyl (C=O) groups is 2. The predicted octanol–water partition coefficient (Wildman–Crippen LogP) is 4.52. The number of amides is 2. The highest BCUT2D eigenvalue weighted by atomic mass is 19.1. The van der Waals surface area contributed by atoms with Crippen molar-refractivity contribution in [2.45, 2.75) is 38.5 Å². The summed E-state index contributed by atoms with van der Waals surface area (Å²) in [5.41, 5.74) is 2.72. The summed E-state index contributed by atoms with van der Waals surface area (Å²) in [5.74, 6) is 0.271. The molecule has 0 unspecified atom stereocenters. The minimum atomic E-state index is -0.275. The van der Waals surface area contributed by atoms with Gasteiger partial charge < -0.3 is 10.2 Å². The standard InChI is InChI=1S/C26H27FN4O2/c1-18-23(26(33)30-22-7-3-2-4-8-22)16-28-25(29-18)20-6-5-15-31(17-20)24(32)14-11-19-9-12-21(27)13-10-19/h2-4,7-10,12-13,16,20H,5-6,11,14-15,17H2,1H3,(H,30,33)/t20-/m1/s1. The van der Waals surface area contributed by atoms with Gasteiger partial charge in [0, 0.05) is 37.3 Å². The van der Waals surface area contributed by atoms with Crippen molar-refractivity contribution in [3.8, 4) is 0 Å². The fourth-order valence-electron chi connectivity index (χ4n) is 4.10. The smallest absolute Gasteiger partial charge is 0.259 e. The first-order chi connectivity index (χ1) is 16.0. The topological polar surface area (TPSA) is 75.2 Å². The van der Waals surface area contributed by atoms with E-state index in [-0.39, 0.29) is 23.5 Å². The Kier molecular flexibility index (Phi) is 7.07. The highest BCUT2D eigenvalue weighted by molar-refractivity contribution is 6.04. The third-order valence-electron chi connectivity index (χ3n) is 5.95. The zero-order chi connectivity index (χ0) is 23.2. The molecule has 7 heteroatoms. The molecule has 0 spiro atoms. The lowest BCUT2D eigenvalue weighted by Crippen LogP contribution is -2.39. The van der Waals surface area contributed by atoms with Crippen molar-refractivity contribution in [2.24, 2.45) is 0 Å². The van der Waals surface area contributed by atoms with Gasteiger partial charge in [-0.2, -0.15) is 0 Å². The molecule has 4 rings (SSSR count). The van der Waals surface area contributed by atoms with Crippen LogP contribution >= 0.6 is 0 Å². The van der Waals surface area contributed by atoms with Gasteiger partial charge in [-0.1, -0.05) is 30.3 Å². The fraction of sp³-hybridized carbons (Fsp3) is 0.308. The van der Waals surface area contributed by atoms with Crippen LogP contribution in [0, 0.1) is 12.7 Å². The van der Waals surface area contributed by atoms with Gasteiger partial charge in [-0.25, -0.2) is 14.4 Å². The molecular weight excluding hydrogens is 419 g/mol.